The highest BCUT2D eigenvalue weighted by Crippen LogP contribution is 2.17. The van der Waals surface area contributed by atoms with E-state index in [0.717, 1.165) is 25.1 Å². The Labute approximate surface area is 142 Å². The van der Waals surface area contributed by atoms with Gasteiger partial charge in [-0.15, -0.1) is 10.2 Å². The third kappa shape index (κ3) is 4.17. The van der Waals surface area contributed by atoms with Gasteiger partial charge in [0.15, 0.2) is 0 Å². The molecule has 1 atom stereocenters. The minimum absolute atomic E-state index is 0.0741. The molecule has 7 nitrogen and oxygen atoms in total. The number of benzene rings is 1. The molecule has 1 unspecified atom stereocenters. The number of hydrogen-bond donors (Lipinski definition) is 1. The second-order valence-electron chi connectivity index (χ2n) is 6.56. The first-order valence-electron chi connectivity index (χ1n) is 8.46. The van der Waals surface area contributed by atoms with Crippen LogP contribution in [0.25, 0.3) is 11.4 Å². The van der Waals surface area contributed by atoms with Gasteiger partial charge in [0, 0.05) is 24.7 Å². The van der Waals surface area contributed by atoms with Crippen LogP contribution in [0, 0.1) is 5.92 Å². The maximum atomic E-state index is 12.1. The van der Waals surface area contributed by atoms with E-state index in [-0.39, 0.29) is 12.5 Å². The van der Waals surface area contributed by atoms with Crippen molar-refractivity contribution in [2.24, 2.45) is 5.92 Å². The Kier molecular flexibility index (Phi) is 5.20. The third-order valence-electron chi connectivity index (χ3n) is 4.41. The van der Waals surface area contributed by atoms with Crippen LogP contribution in [-0.2, 0) is 11.3 Å². The van der Waals surface area contributed by atoms with E-state index in [1.165, 1.54) is 4.80 Å². The van der Waals surface area contributed by atoms with Crippen molar-refractivity contribution in [1.29, 1.82) is 0 Å². The van der Waals surface area contributed by atoms with Gasteiger partial charge in [-0.25, -0.2) is 0 Å². The monoisotopic (exact) mass is 328 g/mol. The lowest BCUT2D eigenvalue weighted by atomic mass is 10.1. The van der Waals surface area contributed by atoms with Crippen LogP contribution < -0.4 is 5.32 Å². The molecular formula is C17H24N6O. The fourth-order valence-electron chi connectivity index (χ4n) is 2.95. The highest BCUT2D eigenvalue weighted by molar-refractivity contribution is 5.75. The summed E-state index contributed by atoms with van der Waals surface area (Å²) in [5, 5.41) is 15.2. The summed E-state index contributed by atoms with van der Waals surface area (Å²) in [6.45, 7) is 7.40. The number of aromatic nitrogens is 4. The summed E-state index contributed by atoms with van der Waals surface area (Å²) in [4.78, 5) is 15.9. The topological polar surface area (TPSA) is 75.9 Å². The summed E-state index contributed by atoms with van der Waals surface area (Å²) < 4.78 is 0. The Morgan fingerprint density at radius 1 is 1.33 bits per heavy atom. The zero-order valence-electron chi connectivity index (χ0n) is 14.2. The van der Waals surface area contributed by atoms with Gasteiger partial charge in [0.25, 0.3) is 0 Å². The van der Waals surface area contributed by atoms with Crippen molar-refractivity contribution in [2.45, 2.75) is 32.9 Å². The van der Waals surface area contributed by atoms with E-state index < -0.39 is 0 Å². The molecule has 0 bridgehead atoms. The Morgan fingerprint density at radius 2 is 2.12 bits per heavy atom. The zero-order chi connectivity index (χ0) is 16.9. The normalized spacial score (nSPS) is 18.2. The molecule has 2 aromatic rings. The predicted molar refractivity (Wildman–Crippen MR) is 91.1 cm³/mol. The molecule has 1 N–H and O–H groups in total. The number of tetrazole rings is 1. The van der Waals surface area contributed by atoms with Crippen molar-refractivity contribution in [3.05, 3.63) is 30.3 Å². The highest BCUT2D eigenvalue weighted by atomic mass is 16.2. The van der Waals surface area contributed by atoms with E-state index in [1.54, 1.807) is 0 Å². The lowest BCUT2D eigenvalue weighted by Crippen LogP contribution is -2.34. The fraction of sp³-hybridized carbons (Fsp3) is 0.529. The van der Waals surface area contributed by atoms with Crippen LogP contribution in [0.5, 0.6) is 0 Å². The van der Waals surface area contributed by atoms with Gasteiger partial charge in [-0.3, -0.25) is 4.79 Å². The summed E-state index contributed by atoms with van der Waals surface area (Å²) in [6, 6.07) is 10.2. The van der Waals surface area contributed by atoms with E-state index in [2.05, 4.69) is 39.5 Å². The largest absolute Gasteiger partial charge is 0.354 e. The van der Waals surface area contributed by atoms with Gasteiger partial charge < -0.3 is 10.2 Å². The summed E-state index contributed by atoms with van der Waals surface area (Å²) in [7, 11) is 0. The highest BCUT2D eigenvalue weighted by Gasteiger charge is 2.24. The quantitative estimate of drug-likeness (QED) is 0.862. The van der Waals surface area contributed by atoms with Crippen LogP contribution in [0.2, 0.25) is 0 Å². The lowest BCUT2D eigenvalue weighted by molar-refractivity contribution is -0.122. The van der Waals surface area contributed by atoms with Gasteiger partial charge in [-0.05, 0) is 37.9 Å². The molecular weight excluding hydrogens is 304 g/mol. The van der Waals surface area contributed by atoms with Crippen LogP contribution in [0.4, 0.5) is 0 Å². The number of carbonyl (C=O) groups is 1. The van der Waals surface area contributed by atoms with E-state index >= 15 is 0 Å². The van der Waals surface area contributed by atoms with Crippen molar-refractivity contribution in [3.8, 4) is 11.4 Å². The van der Waals surface area contributed by atoms with Gasteiger partial charge in [-0.1, -0.05) is 30.3 Å². The molecule has 24 heavy (non-hydrogen) atoms. The molecule has 1 aliphatic heterocycles. The van der Waals surface area contributed by atoms with Crippen LogP contribution in [0.15, 0.2) is 30.3 Å². The molecule has 1 aliphatic rings. The molecule has 1 aromatic heterocycles. The van der Waals surface area contributed by atoms with Crippen LogP contribution in [-0.4, -0.2) is 56.7 Å². The Bertz CT molecular complexity index is 669. The van der Waals surface area contributed by atoms with Crippen LogP contribution in [0.3, 0.4) is 0 Å². The molecule has 1 aromatic carbocycles. The third-order valence-corrected chi connectivity index (χ3v) is 4.41. The van der Waals surface area contributed by atoms with Crippen LogP contribution in [0.1, 0.15) is 20.3 Å². The van der Waals surface area contributed by atoms with Crippen molar-refractivity contribution in [1.82, 2.24) is 30.4 Å². The number of amides is 1. The smallest absolute Gasteiger partial charge is 0.243 e. The van der Waals surface area contributed by atoms with Gasteiger partial charge in [0.1, 0.15) is 6.54 Å². The minimum Gasteiger partial charge on any atom is -0.354 e. The van der Waals surface area contributed by atoms with E-state index in [1.807, 2.05) is 30.3 Å². The molecule has 0 saturated carbocycles. The SMILES string of the molecule is CC(C)N1CCC(CNC(=O)Cn2nnc(-c3ccccc3)n2)C1. The summed E-state index contributed by atoms with van der Waals surface area (Å²) >= 11 is 0. The first-order chi connectivity index (χ1) is 11.6. The Morgan fingerprint density at radius 3 is 2.83 bits per heavy atom. The van der Waals surface area contributed by atoms with Crippen molar-refractivity contribution in [2.75, 3.05) is 19.6 Å². The molecule has 1 amide bonds. The number of rotatable bonds is 6. The number of hydrogen-bond acceptors (Lipinski definition) is 5. The lowest BCUT2D eigenvalue weighted by Gasteiger charge is -2.20. The maximum absolute atomic E-state index is 12.1. The molecule has 0 radical (unpaired) electrons. The second-order valence-corrected chi connectivity index (χ2v) is 6.56. The Hall–Kier alpha value is -2.28. The van der Waals surface area contributed by atoms with Crippen molar-refractivity contribution in [3.63, 3.8) is 0 Å². The number of nitrogens with one attached hydrogen (secondary N) is 1. The first-order valence-corrected chi connectivity index (χ1v) is 8.46. The standard InChI is InChI=1S/C17H24N6O/c1-13(2)22-9-8-14(11-22)10-18-16(24)12-23-20-17(19-21-23)15-6-4-3-5-7-15/h3-7,13-14H,8-12H2,1-2H3,(H,18,24). The number of likely N-dealkylation sites (tertiary alicyclic amines) is 1. The molecule has 0 aliphatic carbocycles. The maximum Gasteiger partial charge on any atom is 0.243 e. The molecule has 1 fully saturated rings. The van der Waals surface area contributed by atoms with Gasteiger partial charge in [-0.2, -0.15) is 4.80 Å². The van der Waals surface area contributed by atoms with E-state index in [0.29, 0.717) is 24.3 Å². The predicted octanol–water partition coefficient (Wildman–Crippen LogP) is 1.19. The summed E-state index contributed by atoms with van der Waals surface area (Å²) in [5.74, 6) is 0.988. The summed E-state index contributed by atoms with van der Waals surface area (Å²) in [5.41, 5.74) is 0.892. The molecule has 0 spiro atoms. The average Bonchev–Trinajstić information content (AvgIpc) is 3.23. The molecule has 128 valence electrons. The molecule has 2 heterocycles. The summed E-state index contributed by atoms with van der Waals surface area (Å²) in [6.07, 6.45) is 1.14. The zero-order valence-corrected chi connectivity index (χ0v) is 14.2. The molecule has 3 rings (SSSR count). The second kappa shape index (κ2) is 7.53. The van der Waals surface area contributed by atoms with E-state index in [9.17, 15) is 4.79 Å². The number of carbonyl (C=O) groups excluding carboxylic acids is 1. The fourth-order valence-corrected chi connectivity index (χ4v) is 2.95. The number of nitrogens with zero attached hydrogens (tertiary/aromatic N) is 5. The van der Waals surface area contributed by atoms with E-state index in [4.69, 9.17) is 0 Å². The molecule has 7 heteroatoms. The van der Waals surface area contributed by atoms with Gasteiger partial charge in [0.2, 0.25) is 11.7 Å². The first kappa shape index (κ1) is 16.6. The Balaban J connectivity index is 1.47. The minimum atomic E-state index is -0.0741. The molecule has 1 saturated heterocycles. The van der Waals surface area contributed by atoms with Gasteiger partial charge in [0.05, 0.1) is 0 Å². The van der Waals surface area contributed by atoms with Crippen LogP contribution >= 0.6 is 0 Å². The van der Waals surface area contributed by atoms with Crippen molar-refractivity contribution >= 4 is 5.91 Å². The average molecular weight is 328 g/mol. The van der Waals surface area contributed by atoms with Gasteiger partial charge >= 0.3 is 0 Å². The van der Waals surface area contributed by atoms with Crippen molar-refractivity contribution < 1.29 is 4.79 Å².